The van der Waals surface area contributed by atoms with Gasteiger partial charge in [-0.05, 0) is 30.3 Å². The second-order valence-corrected chi connectivity index (χ2v) is 7.73. The van der Waals surface area contributed by atoms with Gasteiger partial charge in [0.25, 0.3) is 0 Å². The second kappa shape index (κ2) is 6.97. The second-order valence-electron chi connectivity index (χ2n) is 4.38. The van der Waals surface area contributed by atoms with Crippen LogP contribution in [0.15, 0.2) is 63.3 Å². The molecule has 0 N–H and O–H groups in total. The van der Waals surface area contributed by atoms with Crippen LogP contribution in [0.1, 0.15) is 5.01 Å². The van der Waals surface area contributed by atoms with E-state index in [1.54, 1.807) is 23.1 Å². The molecule has 2 aromatic carbocycles. The molecule has 0 atom stereocenters. The zero-order valence-electron chi connectivity index (χ0n) is 10.9. The van der Waals surface area contributed by atoms with Gasteiger partial charge in [-0.25, -0.2) is 4.98 Å². The molecule has 5 heteroatoms. The Balaban J connectivity index is 1.71. The minimum Gasteiger partial charge on any atom is -0.240 e. The Morgan fingerprint density at radius 1 is 1.14 bits per heavy atom. The van der Waals surface area contributed by atoms with Crippen LogP contribution in [0.5, 0.6) is 0 Å². The van der Waals surface area contributed by atoms with Gasteiger partial charge in [0.2, 0.25) is 0 Å². The summed E-state index contributed by atoms with van der Waals surface area (Å²) in [5, 5.41) is 4.00. The number of thiazole rings is 1. The van der Waals surface area contributed by atoms with Crippen LogP contribution in [0.4, 0.5) is 0 Å². The number of halogens is 2. The Morgan fingerprint density at radius 3 is 2.81 bits per heavy atom. The molecular formula is C16H11BrClNS2. The van der Waals surface area contributed by atoms with Crippen LogP contribution in [0.25, 0.3) is 11.3 Å². The monoisotopic (exact) mass is 395 g/mol. The lowest BCUT2D eigenvalue weighted by molar-refractivity contribution is 1.26. The molecule has 0 fully saturated rings. The predicted octanol–water partition coefficient (Wildman–Crippen LogP) is 6.52. The molecule has 0 aliphatic heterocycles. The van der Waals surface area contributed by atoms with E-state index in [-0.39, 0.29) is 0 Å². The van der Waals surface area contributed by atoms with Crippen molar-refractivity contribution >= 4 is 50.6 Å². The number of benzene rings is 2. The summed E-state index contributed by atoms with van der Waals surface area (Å²) in [5.41, 5.74) is 2.17. The molecule has 1 heterocycles. The third kappa shape index (κ3) is 4.10. The van der Waals surface area contributed by atoms with E-state index in [1.807, 2.05) is 30.3 Å². The van der Waals surface area contributed by atoms with Crippen molar-refractivity contribution in [3.05, 3.63) is 68.4 Å². The quantitative estimate of drug-likeness (QED) is 0.466. The van der Waals surface area contributed by atoms with Gasteiger partial charge in [0, 0.05) is 25.3 Å². The lowest BCUT2D eigenvalue weighted by atomic mass is 10.2. The van der Waals surface area contributed by atoms with Gasteiger partial charge in [0.1, 0.15) is 5.01 Å². The molecule has 0 spiro atoms. The van der Waals surface area contributed by atoms with Crippen LogP contribution in [0, 0.1) is 0 Å². The van der Waals surface area contributed by atoms with Crippen LogP contribution in [0.2, 0.25) is 5.02 Å². The van der Waals surface area contributed by atoms with Crippen LogP contribution in [-0.4, -0.2) is 4.98 Å². The highest BCUT2D eigenvalue weighted by Gasteiger charge is 2.06. The zero-order chi connectivity index (χ0) is 14.7. The van der Waals surface area contributed by atoms with Crippen molar-refractivity contribution in [1.29, 1.82) is 0 Å². The summed E-state index contributed by atoms with van der Waals surface area (Å²) < 4.78 is 1.07. The first-order chi connectivity index (χ1) is 10.2. The molecule has 1 aromatic heterocycles. The summed E-state index contributed by atoms with van der Waals surface area (Å²) in [5.74, 6) is 0.860. The van der Waals surface area contributed by atoms with Crippen molar-refractivity contribution in [2.24, 2.45) is 0 Å². The van der Waals surface area contributed by atoms with Gasteiger partial charge < -0.3 is 0 Å². The highest BCUT2D eigenvalue weighted by atomic mass is 79.9. The molecule has 106 valence electrons. The van der Waals surface area contributed by atoms with E-state index in [0.717, 1.165) is 31.5 Å². The first-order valence-electron chi connectivity index (χ1n) is 6.29. The van der Waals surface area contributed by atoms with Gasteiger partial charge in [0.15, 0.2) is 0 Å². The molecule has 21 heavy (non-hydrogen) atoms. The van der Waals surface area contributed by atoms with E-state index in [2.05, 4.69) is 39.5 Å². The molecule has 0 unspecified atom stereocenters. The van der Waals surface area contributed by atoms with E-state index in [1.165, 1.54) is 4.90 Å². The van der Waals surface area contributed by atoms with Crippen molar-refractivity contribution in [2.45, 2.75) is 10.6 Å². The molecule has 0 amide bonds. The molecule has 0 aliphatic carbocycles. The summed E-state index contributed by atoms with van der Waals surface area (Å²) in [4.78, 5) is 5.87. The third-order valence-corrected chi connectivity index (χ3v) is 5.60. The fraction of sp³-hybridized carbons (Fsp3) is 0.0625. The lowest BCUT2D eigenvalue weighted by Gasteiger charge is -2.00. The molecule has 0 bridgehead atoms. The molecule has 0 saturated heterocycles. The minimum atomic E-state index is 0.772. The minimum absolute atomic E-state index is 0.772. The Hall–Kier alpha value is -0.810. The maximum Gasteiger partial charge on any atom is 0.104 e. The molecule has 3 aromatic rings. The van der Waals surface area contributed by atoms with Crippen molar-refractivity contribution in [2.75, 3.05) is 0 Å². The fourth-order valence-electron chi connectivity index (χ4n) is 1.86. The molecule has 1 nitrogen and oxygen atoms in total. The highest BCUT2D eigenvalue weighted by molar-refractivity contribution is 9.10. The number of thioether (sulfide) groups is 1. The van der Waals surface area contributed by atoms with Gasteiger partial charge in [0.05, 0.1) is 11.4 Å². The van der Waals surface area contributed by atoms with E-state index in [9.17, 15) is 0 Å². The third-order valence-electron chi connectivity index (χ3n) is 2.83. The molecular weight excluding hydrogens is 386 g/mol. The van der Waals surface area contributed by atoms with Gasteiger partial charge in [-0.2, -0.15) is 0 Å². The fourth-order valence-corrected chi connectivity index (χ4v) is 4.29. The van der Waals surface area contributed by atoms with Gasteiger partial charge in [-0.3, -0.25) is 0 Å². The van der Waals surface area contributed by atoms with Crippen molar-refractivity contribution in [3.63, 3.8) is 0 Å². The molecule has 0 radical (unpaired) electrons. The highest BCUT2D eigenvalue weighted by Crippen LogP contribution is 2.29. The summed E-state index contributed by atoms with van der Waals surface area (Å²) in [6.07, 6.45) is 0. The zero-order valence-corrected chi connectivity index (χ0v) is 14.9. The summed E-state index contributed by atoms with van der Waals surface area (Å²) in [6, 6.07) is 16.1. The van der Waals surface area contributed by atoms with Crippen molar-refractivity contribution in [3.8, 4) is 11.3 Å². The maximum atomic E-state index is 5.99. The normalized spacial score (nSPS) is 10.8. The van der Waals surface area contributed by atoms with E-state index < -0.39 is 0 Å². The largest absolute Gasteiger partial charge is 0.240 e. The maximum absolute atomic E-state index is 5.99. The van der Waals surface area contributed by atoms with E-state index in [4.69, 9.17) is 16.6 Å². The number of aromatic nitrogens is 1. The van der Waals surface area contributed by atoms with Crippen LogP contribution in [-0.2, 0) is 5.75 Å². The summed E-state index contributed by atoms with van der Waals surface area (Å²) in [7, 11) is 0. The Morgan fingerprint density at radius 2 is 2.00 bits per heavy atom. The Bertz CT molecular complexity index is 757. The molecule has 3 rings (SSSR count). The molecule has 0 saturated carbocycles. The topological polar surface area (TPSA) is 12.9 Å². The average Bonchev–Trinajstić information content (AvgIpc) is 2.94. The number of nitrogens with zero attached hydrogens (tertiary/aromatic N) is 1. The van der Waals surface area contributed by atoms with Crippen LogP contribution < -0.4 is 0 Å². The number of hydrogen-bond donors (Lipinski definition) is 0. The predicted molar refractivity (Wildman–Crippen MR) is 96.3 cm³/mol. The first-order valence-corrected chi connectivity index (χ1v) is 9.33. The molecule has 0 aliphatic rings. The van der Waals surface area contributed by atoms with Crippen molar-refractivity contribution < 1.29 is 0 Å². The Kier molecular flexibility index (Phi) is 5.01. The first kappa shape index (κ1) is 15.1. The van der Waals surface area contributed by atoms with Gasteiger partial charge in [-0.15, -0.1) is 23.1 Å². The van der Waals surface area contributed by atoms with Crippen LogP contribution >= 0.6 is 50.6 Å². The smallest absolute Gasteiger partial charge is 0.104 e. The van der Waals surface area contributed by atoms with Gasteiger partial charge >= 0.3 is 0 Å². The summed E-state index contributed by atoms with van der Waals surface area (Å²) in [6.45, 7) is 0. The summed E-state index contributed by atoms with van der Waals surface area (Å²) >= 11 is 12.9. The lowest BCUT2D eigenvalue weighted by Crippen LogP contribution is -1.82. The van der Waals surface area contributed by atoms with E-state index in [0.29, 0.717) is 0 Å². The number of rotatable bonds is 4. The van der Waals surface area contributed by atoms with Crippen molar-refractivity contribution in [1.82, 2.24) is 4.98 Å². The standard InChI is InChI=1S/C16H11BrClNS2/c17-12-4-1-3-11(7-12)15-9-21-16(19-15)10-20-14-6-2-5-13(18)8-14/h1-9H,10H2. The van der Waals surface area contributed by atoms with Gasteiger partial charge in [-0.1, -0.05) is 45.7 Å². The van der Waals surface area contributed by atoms with E-state index >= 15 is 0 Å². The SMILES string of the molecule is Clc1cccc(SCc2nc(-c3cccc(Br)c3)cs2)c1. The van der Waals surface area contributed by atoms with Crippen LogP contribution in [0.3, 0.4) is 0 Å². The Labute approximate surface area is 145 Å². The average molecular weight is 397 g/mol. The number of hydrogen-bond acceptors (Lipinski definition) is 3.